The number of β-lactam (4-membered cyclic amide) rings is 1. The molecule has 1 unspecified atom stereocenters. The molecule has 1 fully saturated rings. The van der Waals surface area contributed by atoms with E-state index in [9.17, 15) is 9.59 Å². The molecule has 1 amide bonds. The number of nitrogens with two attached hydrogens (primary N) is 1. The second-order valence-corrected chi connectivity index (χ2v) is 9.70. The van der Waals surface area contributed by atoms with Crippen molar-refractivity contribution < 1.29 is 14.3 Å². The van der Waals surface area contributed by atoms with Crippen LogP contribution in [0.2, 0.25) is 0 Å². The van der Waals surface area contributed by atoms with E-state index in [1.807, 2.05) is 60.7 Å². The van der Waals surface area contributed by atoms with Gasteiger partial charge in [-0.1, -0.05) is 77.6 Å². The minimum Gasteiger partial charge on any atom is -0.448 e. The van der Waals surface area contributed by atoms with Gasteiger partial charge in [0.15, 0.2) is 6.10 Å². The van der Waals surface area contributed by atoms with Crippen LogP contribution in [0.1, 0.15) is 17.2 Å². The number of hydrogen-bond donors (Lipinski definition) is 2. The first-order chi connectivity index (χ1) is 16.1. The van der Waals surface area contributed by atoms with Gasteiger partial charge in [0, 0.05) is 11.5 Å². The Hall–Kier alpha value is -3.08. The highest BCUT2D eigenvalue weighted by Crippen LogP contribution is 2.41. The Balaban J connectivity index is 1.47. The molecule has 2 aliphatic rings. The Morgan fingerprint density at radius 3 is 2.45 bits per heavy atom. The monoisotopic (exact) mass is 479 g/mol. The number of rotatable bonds is 7. The van der Waals surface area contributed by atoms with Gasteiger partial charge in [0.1, 0.15) is 22.1 Å². The molecular formula is C23H21N5O3S2. The predicted octanol–water partition coefficient (Wildman–Crippen LogP) is 2.73. The molecule has 0 radical (unpaired) electrons. The molecule has 0 spiro atoms. The Kier molecular flexibility index (Phi) is 6.21. The highest BCUT2D eigenvalue weighted by atomic mass is 32.2. The number of fused-ring (bicyclic) bond motifs is 1. The highest BCUT2D eigenvalue weighted by molar-refractivity contribution is 8.01. The van der Waals surface area contributed by atoms with Crippen LogP contribution in [0, 0.1) is 0 Å². The summed E-state index contributed by atoms with van der Waals surface area (Å²) in [4.78, 5) is 27.7. The Bertz CT molecular complexity index is 1130. The maximum Gasteiger partial charge on any atom is 0.356 e. The Morgan fingerprint density at radius 1 is 1.18 bits per heavy atom. The standard InChI is InChI=1S/C23H21N5O3S2/c24-18-21(29)28-19(16(13-33-22(18)28)12-32-17-11-25-27-26-17)23(30)31-20(14-7-3-1-4-8-14)15-9-5-2-6-10-15/h1-11,18,20,22H,12-13,24H2,(H,25,26,27)/t18?,22-/m1/s1. The summed E-state index contributed by atoms with van der Waals surface area (Å²) in [5.41, 5.74) is 8.81. The highest BCUT2D eigenvalue weighted by Gasteiger charge is 2.52. The van der Waals surface area contributed by atoms with Gasteiger partial charge < -0.3 is 10.5 Å². The molecule has 168 valence electrons. The molecule has 8 nitrogen and oxygen atoms in total. The van der Waals surface area contributed by atoms with Crippen molar-refractivity contribution in [2.24, 2.45) is 5.73 Å². The van der Waals surface area contributed by atoms with Gasteiger partial charge in [0.05, 0.1) is 6.20 Å². The van der Waals surface area contributed by atoms with Gasteiger partial charge in [-0.05, 0) is 16.7 Å². The maximum absolute atomic E-state index is 13.6. The molecule has 0 bridgehead atoms. The fourth-order valence-corrected chi connectivity index (χ4v) is 6.07. The molecule has 33 heavy (non-hydrogen) atoms. The average Bonchev–Trinajstić information content (AvgIpc) is 3.39. The lowest BCUT2D eigenvalue weighted by Crippen LogP contribution is -2.68. The van der Waals surface area contributed by atoms with Crippen molar-refractivity contribution in [1.29, 1.82) is 0 Å². The molecule has 1 saturated heterocycles. The quantitative estimate of drug-likeness (QED) is 0.302. The molecule has 3 N–H and O–H groups in total. The first-order valence-electron chi connectivity index (χ1n) is 10.4. The molecule has 2 aromatic carbocycles. The second-order valence-electron chi connectivity index (χ2n) is 7.59. The lowest BCUT2D eigenvalue weighted by atomic mass is 10.0. The average molecular weight is 480 g/mol. The maximum atomic E-state index is 13.6. The van der Waals surface area contributed by atoms with Gasteiger partial charge >= 0.3 is 5.97 Å². The van der Waals surface area contributed by atoms with Crippen LogP contribution < -0.4 is 5.73 Å². The normalized spacial score (nSPS) is 19.9. The van der Waals surface area contributed by atoms with Gasteiger partial charge in [-0.3, -0.25) is 14.8 Å². The summed E-state index contributed by atoms with van der Waals surface area (Å²) in [6.45, 7) is 0. The van der Waals surface area contributed by atoms with Gasteiger partial charge in [0.2, 0.25) is 5.91 Å². The summed E-state index contributed by atoms with van der Waals surface area (Å²) in [6, 6.07) is 18.5. The number of ether oxygens (including phenoxy) is 1. The third kappa shape index (κ3) is 4.29. The van der Waals surface area contributed by atoms with Crippen LogP contribution in [0.15, 0.2) is 83.2 Å². The summed E-state index contributed by atoms with van der Waals surface area (Å²) in [7, 11) is 0. The van der Waals surface area contributed by atoms with E-state index in [-0.39, 0.29) is 11.3 Å². The number of nitrogens with zero attached hydrogens (tertiary/aromatic N) is 3. The largest absolute Gasteiger partial charge is 0.448 e. The van der Waals surface area contributed by atoms with E-state index in [0.29, 0.717) is 22.2 Å². The first kappa shape index (κ1) is 21.7. The van der Waals surface area contributed by atoms with E-state index in [2.05, 4.69) is 15.4 Å². The van der Waals surface area contributed by atoms with Crippen molar-refractivity contribution in [2.45, 2.75) is 22.5 Å². The van der Waals surface area contributed by atoms with Crippen LogP contribution in [-0.2, 0) is 14.3 Å². The van der Waals surface area contributed by atoms with E-state index in [1.54, 1.807) is 18.0 Å². The molecule has 3 aromatic rings. The summed E-state index contributed by atoms with van der Waals surface area (Å²) < 4.78 is 6.08. The second kappa shape index (κ2) is 9.42. The SMILES string of the molecule is NC1C(=O)N2C(C(=O)OC(c3ccccc3)c3ccccc3)=C(CSc3c[nH]nn3)CS[C@H]12. The molecule has 10 heteroatoms. The summed E-state index contributed by atoms with van der Waals surface area (Å²) in [5.74, 6) is 0.267. The van der Waals surface area contributed by atoms with Crippen molar-refractivity contribution in [2.75, 3.05) is 11.5 Å². The molecular weight excluding hydrogens is 458 g/mol. The third-order valence-corrected chi connectivity index (χ3v) is 7.85. The van der Waals surface area contributed by atoms with Crippen molar-refractivity contribution in [3.63, 3.8) is 0 Å². The fraction of sp³-hybridized carbons (Fsp3) is 0.217. The minimum absolute atomic E-state index is 0.257. The van der Waals surface area contributed by atoms with Crippen LogP contribution in [-0.4, -0.2) is 55.1 Å². The van der Waals surface area contributed by atoms with Crippen molar-refractivity contribution in [3.05, 3.63) is 89.3 Å². The number of esters is 1. The number of carbonyl (C=O) groups excluding carboxylic acids is 2. The molecule has 1 aromatic heterocycles. The smallest absolute Gasteiger partial charge is 0.356 e. The lowest BCUT2D eigenvalue weighted by Gasteiger charge is -2.48. The molecule has 2 atom stereocenters. The third-order valence-electron chi connectivity index (χ3n) is 5.50. The van der Waals surface area contributed by atoms with Crippen LogP contribution in [0.5, 0.6) is 0 Å². The molecule has 2 aliphatic heterocycles. The van der Waals surface area contributed by atoms with Crippen LogP contribution in [0.3, 0.4) is 0 Å². The number of carbonyl (C=O) groups is 2. The number of aromatic amines is 1. The molecule has 3 heterocycles. The predicted molar refractivity (Wildman–Crippen MR) is 126 cm³/mol. The van der Waals surface area contributed by atoms with E-state index >= 15 is 0 Å². The zero-order valence-corrected chi connectivity index (χ0v) is 19.1. The van der Waals surface area contributed by atoms with Crippen LogP contribution in [0.4, 0.5) is 0 Å². The number of nitrogens with one attached hydrogen (secondary N) is 1. The van der Waals surface area contributed by atoms with Gasteiger partial charge in [-0.15, -0.1) is 16.9 Å². The molecule has 0 aliphatic carbocycles. The summed E-state index contributed by atoms with van der Waals surface area (Å²) in [5, 5.41) is 10.8. The van der Waals surface area contributed by atoms with E-state index in [0.717, 1.165) is 16.7 Å². The van der Waals surface area contributed by atoms with E-state index < -0.39 is 18.1 Å². The fourth-order valence-electron chi connectivity index (χ4n) is 3.85. The zero-order valence-electron chi connectivity index (χ0n) is 17.5. The summed E-state index contributed by atoms with van der Waals surface area (Å²) >= 11 is 3.00. The number of H-pyrrole nitrogens is 1. The van der Waals surface area contributed by atoms with Crippen molar-refractivity contribution >= 4 is 35.4 Å². The Labute approximate surface area is 198 Å². The zero-order chi connectivity index (χ0) is 22.8. The number of amides is 1. The molecule has 0 saturated carbocycles. The molecule has 5 rings (SSSR count). The lowest BCUT2D eigenvalue weighted by molar-refractivity contribution is -0.153. The number of aromatic nitrogens is 3. The van der Waals surface area contributed by atoms with Crippen molar-refractivity contribution in [1.82, 2.24) is 20.3 Å². The van der Waals surface area contributed by atoms with Crippen LogP contribution >= 0.6 is 23.5 Å². The van der Waals surface area contributed by atoms with Crippen LogP contribution in [0.25, 0.3) is 0 Å². The number of hydrogen-bond acceptors (Lipinski definition) is 8. The number of benzene rings is 2. The summed E-state index contributed by atoms with van der Waals surface area (Å²) in [6.07, 6.45) is 1.09. The first-order valence-corrected chi connectivity index (χ1v) is 12.4. The van der Waals surface area contributed by atoms with Gasteiger partial charge in [-0.25, -0.2) is 4.79 Å². The topological polar surface area (TPSA) is 114 Å². The van der Waals surface area contributed by atoms with Gasteiger partial charge in [-0.2, -0.15) is 0 Å². The number of thioether (sulfide) groups is 2. The Morgan fingerprint density at radius 2 is 1.85 bits per heavy atom. The van der Waals surface area contributed by atoms with Crippen molar-refractivity contribution in [3.8, 4) is 0 Å². The van der Waals surface area contributed by atoms with Gasteiger partial charge in [0.25, 0.3) is 0 Å². The van der Waals surface area contributed by atoms with E-state index in [4.69, 9.17) is 10.5 Å². The van der Waals surface area contributed by atoms with E-state index in [1.165, 1.54) is 16.7 Å². The minimum atomic E-state index is -0.610.